The van der Waals surface area contributed by atoms with Crippen LogP contribution in [0, 0.1) is 6.92 Å². The topological polar surface area (TPSA) is 177 Å². The van der Waals surface area contributed by atoms with Gasteiger partial charge in [0.2, 0.25) is 0 Å². The number of aryl methyl sites for hydroxylation is 1. The number of carbonyl (C=O) groups excluding carboxylic acids is 1. The molecular formula is C82H115NO17. The summed E-state index contributed by atoms with van der Waals surface area (Å²) in [6, 6.07) is 37.3. The number of carbonyl (C=O) groups is 1. The number of alkyl carbamates (subject to hydrolysis) is 1. The maximum Gasteiger partial charge on any atom is 0.407 e. The average molecular weight is 1390 g/mol. The number of ether oxygens (including phenoxy) is 16. The molecule has 0 spiro atoms. The third-order valence-electron chi connectivity index (χ3n) is 16.1. The molecule has 0 fully saturated rings. The van der Waals surface area contributed by atoms with Gasteiger partial charge in [0.1, 0.15) is 11.4 Å². The molecule has 18 nitrogen and oxygen atoms in total. The van der Waals surface area contributed by atoms with E-state index in [0.717, 1.165) is 83.2 Å². The van der Waals surface area contributed by atoms with Gasteiger partial charge in [-0.25, -0.2) is 4.79 Å². The fourth-order valence-corrected chi connectivity index (χ4v) is 11.1. The van der Waals surface area contributed by atoms with Crippen LogP contribution >= 0.6 is 0 Å². The van der Waals surface area contributed by atoms with E-state index in [-0.39, 0.29) is 5.41 Å². The molecule has 0 aliphatic heterocycles. The van der Waals surface area contributed by atoms with E-state index in [1.807, 2.05) is 33.8 Å². The number of benzene rings is 5. The summed E-state index contributed by atoms with van der Waals surface area (Å²) in [7, 11) is 3.36. The van der Waals surface area contributed by atoms with Gasteiger partial charge in [0.05, 0.1) is 165 Å². The van der Waals surface area contributed by atoms with Crippen LogP contribution in [0.5, 0.6) is 5.75 Å². The van der Waals surface area contributed by atoms with E-state index < -0.39 is 11.7 Å². The molecule has 5 aromatic rings. The lowest BCUT2D eigenvalue weighted by Crippen LogP contribution is -2.33. The minimum Gasteiger partial charge on any atom is -0.493 e. The lowest BCUT2D eigenvalue weighted by atomic mass is 9.71. The van der Waals surface area contributed by atoms with E-state index in [1.54, 1.807) is 14.2 Å². The molecule has 1 N–H and O–H groups in total. The second-order valence-electron chi connectivity index (χ2n) is 25.1. The summed E-state index contributed by atoms with van der Waals surface area (Å²) >= 11 is 0. The minimum absolute atomic E-state index is 0.211. The molecule has 1 aliphatic rings. The summed E-state index contributed by atoms with van der Waals surface area (Å²) in [5.74, 6) is 0.800. The van der Waals surface area contributed by atoms with Gasteiger partial charge < -0.3 is 81.1 Å². The molecule has 6 rings (SSSR count). The molecule has 1 atom stereocenters. The van der Waals surface area contributed by atoms with Crippen LogP contribution in [-0.4, -0.2) is 211 Å². The summed E-state index contributed by atoms with van der Waals surface area (Å²) in [5, 5.41) is 2.85. The number of allylic oxidation sites excluding steroid dienone is 1. The number of nitrogens with one attached hydrogen (secondary N) is 1. The van der Waals surface area contributed by atoms with Crippen LogP contribution in [0.2, 0.25) is 0 Å². The van der Waals surface area contributed by atoms with Crippen molar-refractivity contribution in [1.29, 1.82) is 0 Å². The van der Waals surface area contributed by atoms with E-state index in [2.05, 4.69) is 158 Å². The predicted molar refractivity (Wildman–Crippen MR) is 399 cm³/mol. The monoisotopic (exact) mass is 1390 g/mol. The summed E-state index contributed by atoms with van der Waals surface area (Å²) in [6.07, 6.45) is 21.8. The maximum absolute atomic E-state index is 12.2. The molecular weight excluding hydrogens is 1270 g/mol. The van der Waals surface area contributed by atoms with Crippen LogP contribution in [-0.2, 0) is 76.5 Å². The first-order valence-electron chi connectivity index (χ1n) is 35.8. The Morgan fingerprint density at radius 2 is 0.730 bits per heavy atom. The Balaban J connectivity index is 0.895. The third kappa shape index (κ3) is 34.0. The highest BCUT2D eigenvalue weighted by Gasteiger charge is 2.42. The molecule has 0 saturated heterocycles. The second-order valence-corrected chi connectivity index (χ2v) is 25.1. The average Bonchev–Trinajstić information content (AvgIpc) is 1.57. The number of fused-ring (bicyclic) bond motifs is 3. The van der Waals surface area contributed by atoms with Crippen molar-refractivity contribution in [3.8, 4) is 16.9 Å². The normalized spacial score (nSPS) is 13.8. The number of unbranched alkanes of at least 4 members (excludes halogenated alkanes) is 1. The number of rotatable bonds is 57. The number of hydrogen-bond donors (Lipinski definition) is 1. The van der Waals surface area contributed by atoms with Crippen LogP contribution in [0.15, 0.2) is 109 Å². The quantitative estimate of drug-likeness (QED) is 0.0287. The van der Waals surface area contributed by atoms with Gasteiger partial charge in [-0.15, -0.1) is 0 Å². The first kappa shape index (κ1) is 82.5. The summed E-state index contributed by atoms with van der Waals surface area (Å²) < 4.78 is 90.1. The van der Waals surface area contributed by atoms with Crippen molar-refractivity contribution >= 4 is 48.6 Å². The van der Waals surface area contributed by atoms with Crippen LogP contribution in [0.25, 0.3) is 53.7 Å². The lowest BCUT2D eigenvalue weighted by molar-refractivity contribution is -0.0280. The zero-order chi connectivity index (χ0) is 70.8. The Morgan fingerprint density at radius 3 is 1.15 bits per heavy atom. The van der Waals surface area contributed by atoms with E-state index in [4.69, 9.17) is 75.8 Å². The Labute approximate surface area is 596 Å². The largest absolute Gasteiger partial charge is 0.493 e. The van der Waals surface area contributed by atoms with E-state index in [1.165, 1.54) is 27.8 Å². The van der Waals surface area contributed by atoms with E-state index in [0.29, 0.717) is 185 Å². The van der Waals surface area contributed by atoms with Crippen molar-refractivity contribution in [1.82, 2.24) is 5.32 Å². The van der Waals surface area contributed by atoms with Gasteiger partial charge in [-0.1, -0.05) is 151 Å². The van der Waals surface area contributed by atoms with Gasteiger partial charge in [0, 0.05) is 45.0 Å². The molecule has 1 unspecified atom stereocenters. The van der Waals surface area contributed by atoms with Crippen molar-refractivity contribution in [3.63, 3.8) is 0 Å². The summed E-state index contributed by atoms with van der Waals surface area (Å²) in [6.45, 7) is 24.4. The lowest BCUT2D eigenvalue weighted by Gasteiger charge is -2.33. The number of methoxy groups -OCH3 is 2. The first-order chi connectivity index (χ1) is 49.0. The van der Waals surface area contributed by atoms with Crippen LogP contribution < -0.4 is 10.1 Å². The van der Waals surface area contributed by atoms with Crippen LogP contribution in [0.1, 0.15) is 122 Å². The van der Waals surface area contributed by atoms with Crippen molar-refractivity contribution in [2.24, 2.45) is 0 Å². The molecule has 1 amide bonds. The number of hydrogen-bond acceptors (Lipinski definition) is 17. The summed E-state index contributed by atoms with van der Waals surface area (Å²) in [4.78, 5) is 12.2. The zero-order valence-corrected chi connectivity index (χ0v) is 60.9. The standard InChI is InChI=1S/C82H115NO17/c1-8-13-68-15-17-71(18-16-68)27-30-74-31-28-73(66-79(74)99-39-10-9-36-83-80(84)100-81(3,4)5)26-24-70-21-19-69(20-22-70)23-25-72-29-33-76-75-32-14-67(2)64-77(75)82(78(76)65-72,34-11-37-87-42-40-85-6)35-12-38-88-44-45-90-48-49-92-52-53-94-56-57-96-60-61-98-63-62-97-59-58-95-55-54-93-51-50-91-47-46-89-43-41-86-7/h8,13-33,64-66H,9-12,34-63H2,1-7H3,(H,83,84)/b13-8+,25-23+,26-24+,30-27+. The van der Waals surface area contributed by atoms with Gasteiger partial charge in [-0.05, 0) is 135 Å². The molecule has 0 heterocycles. The highest BCUT2D eigenvalue weighted by molar-refractivity contribution is 5.84. The molecule has 100 heavy (non-hydrogen) atoms. The van der Waals surface area contributed by atoms with Gasteiger partial charge in [-0.3, -0.25) is 0 Å². The molecule has 0 aromatic heterocycles. The Hall–Kier alpha value is -6.43. The third-order valence-corrected chi connectivity index (χ3v) is 16.1. The molecule has 0 saturated carbocycles. The first-order valence-corrected chi connectivity index (χ1v) is 35.8. The van der Waals surface area contributed by atoms with Gasteiger partial charge in [-0.2, -0.15) is 0 Å². The number of amides is 1. The SMILES string of the molecule is C/C=C/c1ccc(/C=C/c2ccc(/C=C/c3ccc(/C=C/c4ccc5c(c4)C(CCCOCCOC)(CCCOCCOCCOCCOCCOCCOCCOCCOCCOCCOCCOCCOC)c4cc(C)ccc4-5)cc3)cc2OCCCCNC(=O)OC(C)(C)C)cc1. The molecule has 18 heteroatoms. The Kier molecular flexibility index (Phi) is 42.0. The van der Waals surface area contributed by atoms with Crippen molar-refractivity contribution < 1.29 is 80.6 Å². The fourth-order valence-electron chi connectivity index (χ4n) is 11.1. The zero-order valence-electron chi connectivity index (χ0n) is 60.9. The Bertz CT molecular complexity index is 3100. The fraction of sp³-hybridized carbons (Fsp3) is 0.524. The summed E-state index contributed by atoms with van der Waals surface area (Å²) in [5.41, 5.74) is 13.5. The van der Waals surface area contributed by atoms with E-state index in [9.17, 15) is 4.79 Å². The van der Waals surface area contributed by atoms with Crippen molar-refractivity contribution in [3.05, 3.63) is 165 Å². The highest BCUT2D eigenvalue weighted by Crippen LogP contribution is 2.54. The van der Waals surface area contributed by atoms with Crippen LogP contribution in [0.3, 0.4) is 0 Å². The van der Waals surface area contributed by atoms with Gasteiger partial charge in [0.15, 0.2) is 0 Å². The van der Waals surface area contributed by atoms with Gasteiger partial charge in [0.25, 0.3) is 0 Å². The molecule has 5 aromatic carbocycles. The molecule has 1 aliphatic carbocycles. The Morgan fingerprint density at radius 1 is 0.380 bits per heavy atom. The second kappa shape index (κ2) is 50.8. The van der Waals surface area contributed by atoms with Crippen molar-refractivity contribution in [2.75, 3.05) is 199 Å². The van der Waals surface area contributed by atoms with Gasteiger partial charge >= 0.3 is 6.09 Å². The van der Waals surface area contributed by atoms with E-state index >= 15 is 0 Å². The molecule has 550 valence electrons. The van der Waals surface area contributed by atoms with Crippen LogP contribution in [0.4, 0.5) is 4.79 Å². The van der Waals surface area contributed by atoms with Crippen molar-refractivity contribution in [2.45, 2.75) is 84.2 Å². The molecule has 0 bridgehead atoms. The smallest absolute Gasteiger partial charge is 0.407 e. The highest BCUT2D eigenvalue weighted by atomic mass is 16.6. The minimum atomic E-state index is -0.539. The predicted octanol–water partition coefficient (Wildman–Crippen LogP) is 14.5. The molecule has 0 radical (unpaired) electrons. The maximum atomic E-state index is 12.2.